The summed E-state index contributed by atoms with van der Waals surface area (Å²) in [4.78, 5) is 24.0. The van der Waals surface area contributed by atoms with E-state index in [0.29, 0.717) is 18.6 Å². The fourth-order valence-electron chi connectivity index (χ4n) is 8.35. The quantitative estimate of drug-likeness (QED) is 0.178. The maximum atomic E-state index is 14.0. The van der Waals surface area contributed by atoms with Gasteiger partial charge in [0.25, 0.3) is 0 Å². The molecule has 40 heavy (non-hydrogen) atoms. The van der Waals surface area contributed by atoms with E-state index in [0.717, 1.165) is 31.7 Å². The van der Waals surface area contributed by atoms with Gasteiger partial charge < -0.3 is 9.80 Å². The Kier molecular flexibility index (Phi) is 13.7. The zero-order valence-electron chi connectivity index (χ0n) is 26.8. The number of hydrogen-bond donors (Lipinski definition) is 0. The first-order valence-electron chi connectivity index (χ1n) is 17.7. The van der Waals surface area contributed by atoms with Crippen LogP contribution in [0.4, 0.5) is 4.79 Å². The van der Waals surface area contributed by atoms with E-state index in [4.69, 9.17) is 0 Å². The molecule has 0 atom stereocenters. The van der Waals surface area contributed by atoms with Crippen molar-refractivity contribution in [3.8, 4) is 0 Å². The van der Waals surface area contributed by atoms with E-state index < -0.39 is 0 Å². The van der Waals surface area contributed by atoms with Crippen molar-refractivity contribution in [2.75, 3.05) is 33.4 Å². The van der Waals surface area contributed by atoms with Crippen molar-refractivity contribution in [2.45, 2.75) is 173 Å². The summed E-state index contributed by atoms with van der Waals surface area (Å²) in [5.41, 5.74) is 1.29. The molecule has 0 aromatic heterocycles. The maximum absolute atomic E-state index is 14.0. The van der Waals surface area contributed by atoms with Crippen LogP contribution in [0.3, 0.4) is 0 Å². The van der Waals surface area contributed by atoms with Gasteiger partial charge in [-0.05, 0) is 71.6 Å². The summed E-state index contributed by atoms with van der Waals surface area (Å²) in [5, 5.41) is 0. The van der Waals surface area contributed by atoms with Gasteiger partial charge in [0.1, 0.15) is 0 Å². The number of amides is 2. The lowest BCUT2D eigenvalue weighted by Gasteiger charge is -2.45. The maximum Gasteiger partial charge on any atom is 0.321 e. The third kappa shape index (κ3) is 9.75. The first-order valence-corrected chi connectivity index (χ1v) is 17.7. The highest BCUT2D eigenvalue weighted by molar-refractivity contribution is 5.74. The minimum absolute atomic E-state index is 0.232. The van der Waals surface area contributed by atoms with E-state index in [-0.39, 0.29) is 6.03 Å². The number of hydrogen-bond acceptors (Lipinski definition) is 3. The summed E-state index contributed by atoms with van der Waals surface area (Å²) in [6, 6.07) is 3.12. The molecule has 0 aromatic rings. The Hall–Kier alpha value is -1.07. The molecule has 4 rings (SSSR count). The van der Waals surface area contributed by atoms with E-state index in [9.17, 15) is 4.79 Å². The van der Waals surface area contributed by atoms with E-state index in [1.165, 1.54) is 141 Å². The fraction of sp³-hybridized carbons (Fsp3) is 0.914. The van der Waals surface area contributed by atoms with Gasteiger partial charge in [-0.15, -0.1) is 0 Å². The molecule has 0 radical (unpaired) electrons. The van der Waals surface area contributed by atoms with Crippen LogP contribution in [-0.4, -0.2) is 83.1 Å². The van der Waals surface area contributed by atoms with Crippen LogP contribution >= 0.6 is 0 Å². The number of carbonyl (C=O) groups excluding carboxylic acids is 1. The molecular formula is C35H64N4O. The van der Waals surface area contributed by atoms with Crippen LogP contribution in [0.25, 0.3) is 0 Å². The Labute approximate surface area is 248 Å². The molecule has 5 heteroatoms. The van der Waals surface area contributed by atoms with Crippen molar-refractivity contribution in [1.82, 2.24) is 19.6 Å². The van der Waals surface area contributed by atoms with Crippen molar-refractivity contribution >= 4 is 6.03 Å². The summed E-state index contributed by atoms with van der Waals surface area (Å²) in [6.45, 7) is 7.87. The highest BCUT2D eigenvalue weighted by atomic mass is 16.2. The molecule has 4 aliphatic carbocycles. The van der Waals surface area contributed by atoms with E-state index in [1.807, 2.05) is 11.9 Å². The number of nitrogens with zero attached hydrogens (tertiary/aromatic N) is 4. The molecular weight excluding hydrogens is 492 g/mol. The van der Waals surface area contributed by atoms with Crippen LogP contribution in [0, 0.1) is 0 Å². The lowest BCUT2D eigenvalue weighted by molar-refractivity contribution is 0.0265. The number of carbonyl (C=O) groups is 1. The zero-order chi connectivity index (χ0) is 28.2. The second kappa shape index (κ2) is 17.1. The second-order valence-electron chi connectivity index (χ2n) is 14.1. The van der Waals surface area contributed by atoms with Crippen molar-refractivity contribution in [3.63, 3.8) is 0 Å². The van der Waals surface area contributed by atoms with Gasteiger partial charge in [-0.3, -0.25) is 9.80 Å². The highest BCUT2D eigenvalue weighted by Gasteiger charge is 2.33. The lowest BCUT2D eigenvalue weighted by atomic mass is 9.88. The molecule has 5 nitrogen and oxygen atoms in total. The summed E-state index contributed by atoms with van der Waals surface area (Å²) in [7, 11) is 2.01. The van der Waals surface area contributed by atoms with Gasteiger partial charge >= 0.3 is 6.03 Å². The average molecular weight is 557 g/mol. The van der Waals surface area contributed by atoms with Crippen LogP contribution < -0.4 is 0 Å². The predicted molar refractivity (Wildman–Crippen MR) is 170 cm³/mol. The average Bonchev–Trinajstić information content (AvgIpc) is 3.01. The van der Waals surface area contributed by atoms with Gasteiger partial charge in [-0.1, -0.05) is 88.7 Å². The van der Waals surface area contributed by atoms with Crippen LogP contribution in [0.15, 0.2) is 11.6 Å². The molecule has 0 unspecified atom stereocenters. The van der Waals surface area contributed by atoms with Crippen LogP contribution in [0.2, 0.25) is 0 Å². The Morgan fingerprint density at radius 3 is 1.40 bits per heavy atom. The molecule has 4 saturated carbocycles. The monoisotopic (exact) mass is 557 g/mol. The normalized spacial score (nSPS) is 22.5. The van der Waals surface area contributed by atoms with Gasteiger partial charge in [-0.25, -0.2) is 4.79 Å². The Morgan fingerprint density at radius 1 is 0.600 bits per heavy atom. The topological polar surface area (TPSA) is 30.0 Å². The molecule has 230 valence electrons. The summed E-state index contributed by atoms with van der Waals surface area (Å²) < 4.78 is 0. The second-order valence-corrected chi connectivity index (χ2v) is 14.1. The number of allylic oxidation sites excluding steroid dienone is 1. The smallest absolute Gasteiger partial charge is 0.321 e. The summed E-state index contributed by atoms with van der Waals surface area (Å²) in [5.74, 6) is 0. The summed E-state index contributed by atoms with van der Waals surface area (Å²) >= 11 is 0. The molecule has 4 aliphatic rings. The molecule has 0 N–H and O–H groups in total. The van der Waals surface area contributed by atoms with E-state index in [1.54, 1.807) is 0 Å². The number of urea groups is 1. The lowest BCUT2D eigenvalue weighted by Crippen LogP contribution is -2.54. The largest absolute Gasteiger partial charge is 0.324 e. The molecule has 4 fully saturated rings. The first kappa shape index (κ1) is 31.9. The Balaban J connectivity index is 1.46. The highest BCUT2D eigenvalue weighted by Crippen LogP contribution is 2.32. The SMILES string of the molecule is CC(C)=CCN(C)C(=O)N(CCCN(C1CCCCC1)C1CCCCC1)CN(C1CCCCC1)C1CCCCC1. The summed E-state index contributed by atoms with van der Waals surface area (Å²) in [6.07, 6.45) is 30.9. The minimum atomic E-state index is 0.232. The van der Waals surface area contributed by atoms with E-state index >= 15 is 0 Å². The van der Waals surface area contributed by atoms with Gasteiger partial charge in [0.2, 0.25) is 0 Å². The Morgan fingerprint density at radius 2 is 1.00 bits per heavy atom. The first-order chi connectivity index (χ1) is 19.5. The fourth-order valence-corrected chi connectivity index (χ4v) is 8.35. The van der Waals surface area contributed by atoms with Gasteiger partial charge in [0, 0.05) is 50.8 Å². The number of rotatable bonds is 12. The minimum Gasteiger partial charge on any atom is -0.324 e. The van der Waals surface area contributed by atoms with Crippen molar-refractivity contribution < 1.29 is 4.79 Å². The molecule has 0 spiro atoms. The predicted octanol–water partition coefficient (Wildman–Crippen LogP) is 8.59. The van der Waals surface area contributed by atoms with Crippen LogP contribution in [-0.2, 0) is 0 Å². The van der Waals surface area contributed by atoms with Crippen LogP contribution in [0.5, 0.6) is 0 Å². The third-order valence-corrected chi connectivity index (χ3v) is 10.7. The number of likely N-dealkylation sites (N-methyl/N-ethyl adjacent to an activating group) is 1. The van der Waals surface area contributed by atoms with Crippen molar-refractivity contribution in [1.29, 1.82) is 0 Å². The Bertz CT molecular complexity index is 704. The third-order valence-electron chi connectivity index (χ3n) is 10.7. The molecule has 0 heterocycles. The molecule has 2 amide bonds. The van der Waals surface area contributed by atoms with Gasteiger partial charge in [-0.2, -0.15) is 0 Å². The standard InChI is InChI=1S/C35H64N4O/c1-30(2)25-28-36(3)35(40)37(29-39(33-21-12-6-13-22-33)34-23-14-7-15-24-34)26-16-27-38(31-17-8-4-9-18-31)32-19-10-5-11-20-32/h25,31-34H,4-24,26-29H2,1-3H3. The molecule has 0 bridgehead atoms. The van der Waals surface area contributed by atoms with Crippen molar-refractivity contribution in [3.05, 3.63) is 11.6 Å². The van der Waals surface area contributed by atoms with E-state index in [2.05, 4.69) is 34.6 Å². The van der Waals surface area contributed by atoms with Gasteiger partial charge in [0.05, 0.1) is 6.67 Å². The molecule has 0 aliphatic heterocycles. The van der Waals surface area contributed by atoms with Crippen LogP contribution in [0.1, 0.15) is 149 Å². The van der Waals surface area contributed by atoms with Crippen molar-refractivity contribution in [2.24, 2.45) is 0 Å². The zero-order valence-corrected chi connectivity index (χ0v) is 26.8. The molecule has 0 aromatic carbocycles. The molecule has 0 saturated heterocycles. The van der Waals surface area contributed by atoms with Gasteiger partial charge in [0.15, 0.2) is 0 Å².